The molecule has 0 amide bonds. The van der Waals surface area contributed by atoms with E-state index in [-0.39, 0.29) is 0 Å². The van der Waals surface area contributed by atoms with Gasteiger partial charge in [-0.2, -0.15) is 0 Å². The quantitative estimate of drug-likeness (QED) is 0.865. The first-order valence-corrected chi connectivity index (χ1v) is 6.45. The summed E-state index contributed by atoms with van der Waals surface area (Å²) in [7, 11) is 0. The number of hydrogen-bond acceptors (Lipinski definition) is 2. The van der Waals surface area contributed by atoms with E-state index in [1.807, 2.05) is 0 Å². The molecule has 1 atom stereocenters. The average Bonchev–Trinajstić information content (AvgIpc) is 2.28. The van der Waals surface area contributed by atoms with Crippen molar-refractivity contribution < 1.29 is 4.74 Å². The highest BCUT2D eigenvalue weighted by Crippen LogP contribution is 2.25. The lowest BCUT2D eigenvalue weighted by molar-refractivity contribution is 0.0813. The number of nitrogens with one attached hydrogen (secondary N) is 1. The van der Waals surface area contributed by atoms with Crippen LogP contribution in [0.1, 0.15) is 44.4 Å². The summed E-state index contributed by atoms with van der Waals surface area (Å²) >= 11 is 0. The van der Waals surface area contributed by atoms with Gasteiger partial charge in [-0.1, -0.05) is 45.0 Å². The molecule has 17 heavy (non-hydrogen) atoms. The van der Waals surface area contributed by atoms with Gasteiger partial charge in [0.05, 0.1) is 19.3 Å². The molecule has 0 bridgehead atoms. The van der Waals surface area contributed by atoms with E-state index in [1.165, 1.54) is 17.5 Å². The van der Waals surface area contributed by atoms with Crippen molar-refractivity contribution in [2.24, 2.45) is 5.41 Å². The van der Waals surface area contributed by atoms with Gasteiger partial charge in [-0.05, 0) is 29.5 Å². The predicted molar refractivity (Wildman–Crippen MR) is 70.9 cm³/mol. The molecule has 0 spiro atoms. The van der Waals surface area contributed by atoms with Crippen LogP contribution in [0.2, 0.25) is 0 Å². The van der Waals surface area contributed by atoms with Gasteiger partial charge in [0.15, 0.2) is 0 Å². The smallest absolute Gasteiger partial charge is 0.0721 e. The molecule has 1 unspecified atom stereocenters. The summed E-state index contributed by atoms with van der Waals surface area (Å²) in [5, 5.41) is 3.61. The van der Waals surface area contributed by atoms with Gasteiger partial charge in [0.2, 0.25) is 0 Å². The van der Waals surface area contributed by atoms with Crippen LogP contribution in [0.15, 0.2) is 24.3 Å². The molecule has 1 N–H and O–H groups in total. The third kappa shape index (κ3) is 3.55. The van der Waals surface area contributed by atoms with E-state index in [2.05, 4.69) is 50.4 Å². The van der Waals surface area contributed by atoms with Gasteiger partial charge in [0.25, 0.3) is 0 Å². The number of fused-ring (bicyclic) bond motifs is 1. The Morgan fingerprint density at radius 1 is 1.29 bits per heavy atom. The SMILES string of the molecule is CC(C)(C)CCNC1COCc2ccccc21. The minimum atomic E-state index is 0.363. The Labute approximate surface area is 104 Å². The van der Waals surface area contributed by atoms with Gasteiger partial charge in [-0.25, -0.2) is 0 Å². The summed E-state index contributed by atoms with van der Waals surface area (Å²) in [6.07, 6.45) is 1.19. The van der Waals surface area contributed by atoms with Crippen LogP contribution in [-0.2, 0) is 11.3 Å². The van der Waals surface area contributed by atoms with Crippen LogP contribution < -0.4 is 5.32 Å². The van der Waals surface area contributed by atoms with Crippen LogP contribution in [0.5, 0.6) is 0 Å². The van der Waals surface area contributed by atoms with E-state index in [1.54, 1.807) is 0 Å². The summed E-state index contributed by atoms with van der Waals surface area (Å²) in [5.41, 5.74) is 3.13. The number of rotatable bonds is 3. The lowest BCUT2D eigenvalue weighted by atomic mass is 9.92. The fourth-order valence-corrected chi connectivity index (χ4v) is 2.17. The summed E-state index contributed by atoms with van der Waals surface area (Å²) in [6.45, 7) is 9.43. The molecular formula is C15H23NO. The molecular weight excluding hydrogens is 210 g/mol. The minimum Gasteiger partial charge on any atom is -0.375 e. The molecule has 0 radical (unpaired) electrons. The van der Waals surface area contributed by atoms with E-state index < -0.39 is 0 Å². The van der Waals surface area contributed by atoms with Crippen molar-refractivity contribution in [2.75, 3.05) is 13.2 Å². The fourth-order valence-electron chi connectivity index (χ4n) is 2.17. The second-order valence-electron chi connectivity index (χ2n) is 6.03. The molecule has 0 fully saturated rings. The second-order valence-corrected chi connectivity index (χ2v) is 6.03. The van der Waals surface area contributed by atoms with Gasteiger partial charge < -0.3 is 10.1 Å². The molecule has 1 aliphatic rings. The van der Waals surface area contributed by atoms with Crippen LogP contribution in [0.3, 0.4) is 0 Å². The first-order chi connectivity index (χ1) is 8.06. The first-order valence-electron chi connectivity index (χ1n) is 6.45. The zero-order valence-corrected chi connectivity index (χ0v) is 11.1. The molecule has 0 aromatic heterocycles. The van der Waals surface area contributed by atoms with E-state index in [0.717, 1.165) is 19.8 Å². The highest BCUT2D eigenvalue weighted by molar-refractivity contribution is 5.30. The maximum absolute atomic E-state index is 5.63. The van der Waals surface area contributed by atoms with Gasteiger partial charge in [0.1, 0.15) is 0 Å². The van der Waals surface area contributed by atoms with Crippen molar-refractivity contribution in [3.05, 3.63) is 35.4 Å². The lowest BCUT2D eigenvalue weighted by Gasteiger charge is -2.28. The molecule has 1 aromatic rings. The van der Waals surface area contributed by atoms with E-state index >= 15 is 0 Å². The number of ether oxygens (including phenoxy) is 1. The van der Waals surface area contributed by atoms with E-state index in [9.17, 15) is 0 Å². The molecule has 2 rings (SSSR count). The molecule has 1 aliphatic heterocycles. The summed E-state index contributed by atoms with van der Waals surface area (Å²) < 4.78 is 5.63. The standard InChI is InChI=1S/C15H23NO/c1-15(2,3)8-9-16-14-11-17-10-12-6-4-5-7-13(12)14/h4-7,14,16H,8-11H2,1-3H3. The predicted octanol–water partition coefficient (Wildman–Crippen LogP) is 3.28. The highest BCUT2D eigenvalue weighted by atomic mass is 16.5. The van der Waals surface area contributed by atoms with Crippen molar-refractivity contribution in [1.29, 1.82) is 0 Å². The molecule has 2 heteroatoms. The van der Waals surface area contributed by atoms with E-state index in [4.69, 9.17) is 4.74 Å². The Morgan fingerprint density at radius 2 is 2.06 bits per heavy atom. The second kappa shape index (κ2) is 5.19. The van der Waals surface area contributed by atoms with Crippen LogP contribution in [0.4, 0.5) is 0 Å². The normalized spacial score (nSPS) is 20.1. The zero-order valence-electron chi connectivity index (χ0n) is 11.1. The Morgan fingerprint density at radius 3 is 2.82 bits per heavy atom. The lowest BCUT2D eigenvalue weighted by Crippen LogP contribution is -2.31. The zero-order chi connectivity index (χ0) is 12.3. The molecule has 1 aromatic carbocycles. The van der Waals surface area contributed by atoms with Crippen molar-refractivity contribution in [3.63, 3.8) is 0 Å². The Balaban J connectivity index is 1.95. The first kappa shape index (κ1) is 12.6. The minimum absolute atomic E-state index is 0.363. The summed E-state index contributed by atoms with van der Waals surface area (Å²) in [4.78, 5) is 0. The Kier molecular flexibility index (Phi) is 3.85. The van der Waals surface area contributed by atoms with Gasteiger partial charge in [-0.3, -0.25) is 0 Å². The largest absolute Gasteiger partial charge is 0.375 e. The molecule has 2 nitrogen and oxygen atoms in total. The van der Waals surface area contributed by atoms with Crippen molar-refractivity contribution in [2.45, 2.75) is 39.8 Å². The van der Waals surface area contributed by atoms with Gasteiger partial charge >= 0.3 is 0 Å². The highest BCUT2D eigenvalue weighted by Gasteiger charge is 2.20. The third-order valence-electron chi connectivity index (χ3n) is 3.24. The third-order valence-corrected chi connectivity index (χ3v) is 3.24. The summed E-state index contributed by atoms with van der Waals surface area (Å²) in [5.74, 6) is 0. The summed E-state index contributed by atoms with van der Waals surface area (Å²) in [6, 6.07) is 8.93. The molecule has 0 saturated carbocycles. The molecule has 94 valence electrons. The number of hydrogen-bond donors (Lipinski definition) is 1. The molecule has 0 aliphatic carbocycles. The topological polar surface area (TPSA) is 21.3 Å². The molecule has 0 saturated heterocycles. The van der Waals surface area contributed by atoms with Crippen LogP contribution in [0, 0.1) is 5.41 Å². The van der Waals surface area contributed by atoms with Crippen molar-refractivity contribution in [3.8, 4) is 0 Å². The van der Waals surface area contributed by atoms with E-state index in [0.29, 0.717) is 11.5 Å². The van der Waals surface area contributed by atoms with Crippen LogP contribution in [0.25, 0.3) is 0 Å². The van der Waals surface area contributed by atoms with Gasteiger partial charge in [0, 0.05) is 0 Å². The number of benzene rings is 1. The van der Waals surface area contributed by atoms with Gasteiger partial charge in [-0.15, -0.1) is 0 Å². The Bertz CT molecular complexity index is 367. The van der Waals surface area contributed by atoms with Crippen LogP contribution in [-0.4, -0.2) is 13.2 Å². The monoisotopic (exact) mass is 233 g/mol. The Hall–Kier alpha value is -0.860. The van der Waals surface area contributed by atoms with Crippen molar-refractivity contribution >= 4 is 0 Å². The maximum Gasteiger partial charge on any atom is 0.0721 e. The fraction of sp³-hybridized carbons (Fsp3) is 0.600. The van der Waals surface area contributed by atoms with Crippen molar-refractivity contribution in [1.82, 2.24) is 5.32 Å². The maximum atomic E-state index is 5.63. The van der Waals surface area contributed by atoms with Crippen LogP contribution >= 0.6 is 0 Å². The average molecular weight is 233 g/mol. The molecule has 1 heterocycles.